The molecule has 4 rings (SSSR count). The van der Waals surface area contributed by atoms with Crippen molar-refractivity contribution >= 4 is 28.8 Å². The van der Waals surface area contributed by atoms with Crippen molar-refractivity contribution in [1.29, 1.82) is 0 Å². The number of carbonyl (C=O) groups is 2. The van der Waals surface area contributed by atoms with Crippen LogP contribution in [0.1, 0.15) is 21.5 Å². The average molecular weight is 445 g/mol. The summed E-state index contributed by atoms with van der Waals surface area (Å²) in [6.45, 7) is 3.70. The number of methoxy groups -OCH3 is 1. The molecule has 0 aliphatic rings. The molecule has 168 valence electrons. The molecule has 0 fully saturated rings. The van der Waals surface area contributed by atoms with Crippen molar-refractivity contribution in [2.45, 2.75) is 20.4 Å². The van der Waals surface area contributed by atoms with Crippen LogP contribution in [0.25, 0.3) is 5.65 Å². The minimum Gasteiger partial charge on any atom is -0.497 e. The monoisotopic (exact) mass is 445 g/mol. The van der Waals surface area contributed by atoms with Gasteiger partial charge in [-0.1, -0.05) is 6.07 Å². The maximum Gasteiger partial charge on any atom is 0.350 e. The molecule has 0 unspecified atom stereocenters. The first-order valence-electron chi connectivity index (χ1n) is 10.3. The standard InChI is InChI=1S/C24H23N5O4/c1-15-4-6-19(12-16(15)2)25-22(30)14-29-24(32)28-13-17(5-11-21(28)27-29)23(31)26-18-7-9-20(33-3)10-8-18/h4-13H,14H2,1-3H3,(H,25,30)(H,26,31). The molecule has 2 amide bonds. The van der Waals surface area contributed by atoms with Gasteiger partial charge in [-0.2, -0.15) is 0 Å². The van der Waals surface area contributed by atoms with E-state index in [1.54, 1.807) is 49.6 Å². The molecule has 2 aromatic heterocycles. The second-order valence-electron chi connectivity index (χ2n) is 7.62. The molecule has 0 atom stereocenters. The van der Waals surface area contributed by atoms with E-state index in [2.05, 4.69) is 15.7 Å². The molecular weight excluding hydrogens is 422 g/mol. The van der Waals surface area contributed by atoms with Crippen LogP contribution in [0.5, 0.6) is 5.75 Å². The van der Waals surface area contributed by atoms with E-state index in [-0.39, 0.29) is 23.9 Å². The number of benzene rings is 2. The highest BCUT2D eigenvalue weighted by molar-refractivity contribution is 6.04. The third-order valence-corrected chi connectivity index (χ3v) is 5.27. The van der Waals surface area contributed by atoms with E-state index in [1.165, 1.54) is 10.6 Å². The number of hydrogen-bond donors (Lipinski definition) is 2. The largest absolute Gasteiger partial charge is 0.497 e. The molecule has 2 heterocycles. The van der Waals surface area contributed by atoms with Crippen LogP contribution in [0.3, 0.4) is 0 Å². The molecular formula is C24H23N5O4. The van der Waals surface area contributed by atoms with Gasteiger partial charge in [0.05, 0.1) is 12.7 Å². The number of anilines is 2. The van der Waals surface area contributed by atoms with E-state index in [0.29, 0.717) is 22.8 Å². The lowest BCUT2D eigenvalue weighted by Gasteiger charge is -2.07. The first kappa shape index (κ1) is 21.8. The summed E-state index contributed by atoms with van der Waals surface area (Å²) in [4.78, 5) is 37.8. The number of aryl methyl sites for hydroxylation is 2. The number of nitrogens with one attached hydrogen (secondary N) is 2. The summed E-state index contributed by atoms with van der Waals surface area (Å²) in [6.07, 6.45) is 1.40. The van der Waals surface area contributed by atoms with Gasteiger partial charge in [0.1, 0.15) is 12.3 Å². The van der Waals surface area contributed by atoms with Crippen LogP contribution in [0.2, 0.25) is 0 Å². The first-order valence-corrected chi connectivity index (χ1v) is 10.3. The van der Waals surface area contributed by atoms with Crippen LogP contribution in [-0.4, -0.2) is 33.1 Å². The van der Waals surface area contributed by atoms with E-state index in [1.807, 2.05) is 26.0 Å². The Morgan fingerprint density at radius 2 is 1.67 bits per heavy atom. The lowest BCUT2D eigenvalue weighted by molar-refractivity contribution is -0.117. The van der Waals surface area contributed by atoms with Gasteiger partial charge in [-0.05, 0) is 73.5 Å². The van der Waals surface area contributed by atoms with Crippen molar-refractivity contribution in [3.63, 3.8) is 0 Å². The lowest BCUT2D eigenvalue weighted by atomic mass is 10.1. The number of amides is 2. The molecule has 33 heavy (non-hydrogen) atoms. The summed E-state index contributed by atoms with van der Waals surface area (Å²) in [6, 6.07) is 15.6. The van der Waals surface area contributed by atoms with Crippen LogP contribution in [0.15, 0.2) is 65.6 Å². The highest BCUT2D eigenvalue weighted by atomic mass is 16.5. The van der Waals surface area contributed by atoms with Crippen LogP contribution in [0, 0.1) is 13.8 Å². The summed E-state index contributed by atoms with van der Waals surface area (Å²) >= 11 is 0. The van der Waals surface area contributed by atoms with Crippen LogP contribution in [-0.2, 0) is 11.3 Å². The SMILES string of the molecule is COc1ccc(NC(=O)c2ccc3nn(CC(=O)Nc4ccc(C)c(C)c4)c(=O)n3c2)cc1. The maximum absolute atomic E-state index is 12.8. The van der Waals surface area contributed by atoms with Gasteiger partial charge in [0, 0.05) is 17.6 Å². The first-order chi connectivity index (χ1) is 15.8. The molecule has 0 aliphatic heterocycles. The van der Waals surface area contributed by atoms with Crippen molar-refractivity contribution in [3.8, 4) is 5.75 Å². The predicted octanol–water partition coefficient (Wildman–Crippen LogP) is 3.01. The lowest BCUT2D eigenvalue weighted by Crippen LogP contribution is -2.28. The quantitative estimate of drug-likeness (QED) is 0.475. The smallest absolute Gasteiger partial charge is 0.350 e. The topological polar surface area (TPSA) is 107 Å². The highest BCUT2D eigenvalue weighted by Gasteiger charge is 2.14. The Kier molecular flexibility index (Phi) is 5.95. The molecule has 2 aromatic carbocycles. The number of fused-ring (bicyclic) bond motifs is 1. The van der Waals surface area contributed by atoms with Gasteiger partial charge < -0.3 is 15.4 Å². The van der Waals surface area contributed by atoms with Crippen LogP contribution < -0.4 is 21.1 Å². The fourth-order valence-corrected chi connectivity index (χ4v) is 3.29. The van der Waals surface area contributed by atoms with Crippen molar-refractivity contribution in [1.82, 2.24) is 14.2 Å². The van der Waals surface area contributed by atoms with Crippen LogP contribution >= 0.6 is 0 Å². The molecule has 0 aliphatic carbocycles. The highest BCUT2D eigenvalue weighted by Crippen LogP contribution is 2.16. The normalized spacial score (nSPS) is 10.8. The zero-order valence-electron chi connectivity index (χ0n) is 18.5. The average Bonchev–Trinajstić information content (AvgIpc) is 3.11. The van der Waals surface area contributed by atoms with E-state index in [4.69, 9.17) is 4.74 Å². The van der Waals surface area contributed by atoms with Gasteiger partial charge in [0.15, 0.2) is 5.65 Å². The number of pyridine rings is 1. The number of aromatic nitrogens is 3. The Balaban J connectivity index is 1.50. The van der Waals surface area contributed by atoms with Gasteiger partial charge in [-0.15, -0.1) is 5.10 Å². The van der Waals surface area contributed by atoms with Crippen molar-refractivity contribution in [3.05, 3.63) is 88.0 Å². The minimum atomic E-state index is -0.515. The molecule has 0 radical (unpaired) electrons. The Bertz CT molecular complexity index is 1400. The third-order valence-electron chi connectivity index (χ3n) is 5.27. The van der Waals surface area contributed by atoms with E-state index in [9.17, 15) is 14.4 Å². The summed E-state index contributed by atoms with van der Waals surface area (Å²) in [5, 5.41) is 9.73. The molecule has 9 heteroatoms. The molecule has 0 saturated heterocycles. The Labute approximate surface area is 189 Å². The second-order valence-corrected chi connectivity index (χ2v) is 7.62. The fourth-order valence-electron chi connectivity index (χ4n) is 3.29. The number of hydrogen-bond acceptors (Lipinski definition) is 5. The Morgan fingerprint density at radius 3 is 2.36 bits per heavy atom. The van der Waals surface area contributed by atoms with E-state index in [0.717, 1.165) is 15.8 Å². The second kappa shape index (κ2) is 8.99. The van der Waals surface area contributed by atoms with Gasteiger partial charge >= 0.3 is 5.69 Å². The molecule has 4 aromatic rings. The number of rotatable bonds is 6. The molecule has 0 saturated carbocycles. The number of carbonyl (C=O) groups excluding carboxylic acids is 2. The minimum absolute atomic E-state index is 0.249. The Morgan fingerprint density at radius 1 is 0.939 bits per heavy atom. The van der Waals surface area contributed by atoms with E-state index < -0.39 is 5.69 Å². The van der Waals surface area contributed by atoms with E-state index >= 15 is 0 Å². The molecule has 0 bridgehead atoms. The predicted molar refractivity (Wildman–Crippen MR) is 125 cm³/mol. The van der Waals surface area contributed by atoms with Gasteiger partial charge in [-0.25, -0.2) is 13.9 Å². The maximum atomic E-state index is 12.8. The zero-order chi connectivity index (χ0) is 23.5. The third kappa shape index (κ3) is 4.77. The summed E-state index contributed by atoms with van der Waals surface area (Å²) in [5.41, 5.74) is 3.51. The molecule has 2 N–H and O–H groups in total. The Hall–Kier alpha value is -4.40. The number of ether oxygens (including phenoxy) is 1. The van der Waals surface area contributed by atoms with Gasteiger partial charge in [-0.3, -0.25) is 9.59 Å². The van der Waals surface area contributed by atoms with Gasteiger partial charge in [0.2, 0.25) is 5.91 Å². The summed E-state index contributed by atoms with van der Waals surface area (Å²) in [7, 11) is 1.56. The number of nitrogens with zero attached hydrogens (tertiary/aromatic N) is 3. The summed E-state index contributed by atoms with van der Waals surface area (Å²) < 4.78 is 7.41. The fraction of sp³-hybridized carbons (Fsp3) is 0.167. The summed E-state index contributed by atoms with van der Waals surface area (Å²) in [5.74, 6) is -0.0784. The zero-order valence-corrected chi connectivity index (χ0v) is 18.5. The van der Waals surface area contributed by atoms with Crippen molar-refractivity contribution in [2.24, 2.45) is 0 Å². The van der Waals surface area contributed by atoms with Crippen LogP contribution in [0.4, 0.5) is 11.4 Å². The molecule has 9 nitrogen and oxygen atoms in total. The molecule has 0 spiro atoms. The van der Waals surface area contributed by atoms with Crippen molar-refractivity contribution in [2.75, 3.05) is 17.7 Å². The van der Waals surface area contributed by atoms with Crippen molar-refractivity contribution < 1.29 is 14.3 Å². The van der Waals surface area contributed by atoms with Gasteiger partial charge in [0.25, 0.3) is 5.91 Å².